The molecule has 0 saturated carbocycles. The molecule has 2 heterocycles. The number of pyridine rings is 2. The van der Waals surface area contributed by atoms with Crippen LogP contribution in [0, 0.1) is 0 Å². The van der Waals surface area contributed by atoms with Gasteiger partial charge in [0.25, 0.3) is 0 Å². The molecule has 0 saturated heterocycles. The molecule has 4 aromatic rings. The van der Waals surface area contributed by atoms with Crippen LogP contribution in [-0.4, -0.2) is 79.7 Å². The van der Waals surface area contributed by atoms with Crippen molar-refractivity contribution in [3.05, 3.63) is 93.0 Å². The van der Waals surface area contributed by atoms with Crippen molar-refractivity contribution < 1.29 is 35.8 Å². The number of nitrogens with one attached hydrogen (secondary N) is 4. The molecular formula is C34H42Cl2N6O8S2. The molecule has 4 rings (SSSR count). The second-order valence-electron chi connectivity index (χ2n) is 11.2. The number of halogens is 2. The molecule has 0 radical (unpaired) electrons. The minimum absolute atomic E-state index is 0.0535. The van der Waals surface area contributed by atoms with Crippen molar-refractivity contribution in [3.8, 4) is 34.6 Å². The molecule has 0 aliphatic rings. The molecule has 18 heteroatoms. The van der Waals surface area contributed by atoms with E-state index in [9.17, 15) is 16.8 Å². The van der Waals surface area contributed by atoms with E-state index in [0.29, 0.717) is 68.9 Å². The number of hydrogen-bond donors (Lipinski definition) is 4. The number of nitrogens with zero attached hydrogens (tertiary/aromatic N) is 2. The van der Waals surface area contributed by atoms with Crippen LogP contribution in [0.1, 0.15) is 22.3 Å². The van der Waals surface area contributed by atoms with Gasteiger partial charge in [-0.2, -0.15) is 9.97 Å². The number of methoxy groups -OCH3 is 2. The van der Waals surface area contributed by atoms with Gasteiger partial charge in [-0.15, -0.1) is 0 Å². The van der Waals surface area contributed by atoms with Gasteiger partial charge in [0.15, 0.2) is 0 Å². The van der Waals surface area contributed by atoms with Crippen molar-refractivity contribution in [1.29, 1.82) is 0 Å². The van der Waals surface area contributed by atoms with Crippen LogP contribution >= 0.6 is 23.2 Å². The topological polar surface area (TPSA) is 179 Å². The molecule has 0 aliphatic heterocycles. The molecule has 0 fully saturated rings. The van der Waals surface area contributed by atoms with E-state index in [1.165, 1.54) is 28.3 Å². The molecule has 14 nitrogen and oxygen atoms in total. The lowest BCUT2D eigenvalue weighted by molar-refractivity contribution is 0.286. The average molecular weight is 798 g/mol. The summed E-state index contributed by atoms with van der Waals surface area (Å²) in [6.07, 6.45) is 0. The van der Waals surface area contributed by atoms with Crippen molar-refractivity contribution in [2.45, 2.75) is 26.3 Å². The number of hydrogen-bond acceptors (Lipinski definition) is 12. The summed E-state index contributed by atoms with van der Waals surface area (Å²) in [5, 5.41) is 7.08. The quantitative estimate of drug-likeness (QED) is 0.0896. The van der Waals surface area contributed by atoms with Gasteiger partial charge in [0.05, 0.1) is 35.8 Å². The molecule has 0 aliphatic carbocycles. The van der Waals surface area contributed by atoms with Crippen LogP contribution in [0.25, 0.3) is 11.1 Å². The van der Waals surface area contributed by atoms with E-state index in [-0.39, 0.29) is 37.8 Å². The highest BCUT2D eigenvalue weighted by molar-refractivity contribution is 7.89. The van der Waals surface area contributed by atoms with Gasteiger partial charge in [-0.3, -0.25) is 0 Å². The first kappa shape index (κ1) is 41.0. The Morgan fingerprint density at radius 1 is 0.596 bits per heavy atom. The summed E-state index contributed by atoms with van der Waals surface area (Å²) >= 11 is 13.8. The molecule has 0 atom stereocenters. The molecule has 2 aromatic heterocycles. The van der Waals surface area contributed by atoms with E-state index in [1.54, 1.807) is 24.3 Å². The molecule has 0 bridgehead atoms. The van der Waals surface area contributed by atoms with Crippen LogP contribution in [0.2, 0.25) is 10.0 Å². The van der Waals surface area contributed by atoms with E-state index >= 15 is 0 Å². The first-order chi connectivity index (χ1) is 24.9. The van der Waals surface area contributed by atoms with Gasteiger partial charge in [-0.05, 0) is 26.2 Å². The van der Waals surface area contributed by atoms with Gasteiger partial charge in [0, 0.05) is 71.7 Å². The van der Waals surface area contributed by atoms with E-state index < -0.39 is 20.0 Å². The predicted octanol–water partition coefficient (Wildman–Crippen LogP) is 3.90. The number of sulfonamides is 2. The van der Waals surface area contributed by atoms with Gasteiger partial charge >= 0.3 is 0 Å². The average Bonchev–Trinajstić information content (AvgIpc) is 3.15. The number of aromatic nitrogens is 2. The Morgan fingerprint density at radius 2 is 1.00 bits per heavy atom. The van der Waals surface area contributed by atoms with Crippen LogP contribution < -0.4 is 39.0 Å². The maximum atomic E-state index is 11.6. The lowest BCUT2D eigenvalue weighted by Gasteiger charge is -2.15. The number of rotatable bonds is 21. The summed E-state index contributed by atoms with van der Waals surface area (Å²) in [6, 6.07) is 18.2. The van der Waals surface area contributed by atoms with Crippen molar-refractivity contribution in [2.75, 3.05) is 52.9 Å². The van der Waals surface area contributed by atoms with E-state index in [2.05, 4.69) is 30.0 Å². The first-order valence-corrected chi connectivity index (χ1v) is 20.1. The summed E-state index contributed by atoms with van der Waals surface area (Å²) in [4.78, 5) is 8.89. The normalized spacial score (nSPS) is 11.7. The largest absolute Gasteiger partial charge is 0.481 e. The van der Waals surface area contributed by atoms with E-state index in [4.69, 9.17) is 42.1 Å². The van der Waals surface area contributed by atoms with Crippen LogP contribution in [0.4, 0.5) is 0 Å². The lowest BCUT2D eigenvalue weighted by Crippen LogP contribution is -2.29. The van der Waals surface area contributed by atoms with Gasteiger partial charge in [-0.25, -0.2) is 26.3 Å². The standard InChI is InChI=1S/C34H42Cl2N6O8S2/c1-37-51(43,44)17-15-39-19-23-11-13-29(41-33(23)47-3)49-21-25-7-5-9-27(31(25)35)28-10-6-8-26(32(28)36)22-50-30-14-12-24(34(42-30)48-4)20-40-16-18-52(45,46)38-2/h5-14,37-40H,15-22H2,1-4H3. The SMILES string of the molecule is CNS(=O)(=O)CCNCc1ccc(OCc2cccc(-c3cccc(COc4ccc(CNCCS(=O)(=O)NC)c(OC)n4)c3Cl)c2Cl)nc1OC. The smallest absolute Gasteiger partial charge is 0.220 e. The Kier molecular flexibility index (Phi) is 15.3. The Balaban J connectivity index is 1.39. The predicted molar refractivity (Wildman–Crippen MR) is 201 cm³/mol. The van der Waals surface area contributed by atoms with Crippen LogP contribution in [0.3, 0.4) is 0 Å². The Labute approximate surface area is 314 Å². The highest BCUT2D eigenvalue weighted by Crippen LogP contribution is 2.37. The van der Waals surface area contributed by atoms with E-state index in [1.807, 2.05) is 36.4 Å². The summed E-state index contributed by atoms with van der Waals surface area (Å²) < 4.78 is 73.9. The highest BCUT2D eigenvalue weighted by Gasteiger charge is 2.16. The summed E-state index contributed by atoms with van der Waals surface area (Å²) in [7, 11) is -0.857. The molecule has 52 heavy (non-hydrogen) atoms. The zero-order chi connectivity index (χ0) is 37.7. The van der Waals surface area contributed by atoms with Crippen molar-refractivity contribution >= 4 is 43.2 Å². The van der Waals surface area contributed by atoms with Gasteiger partial charge in [-0.1, -0.05) is 59.6 Å². The maximum absolute atomic E-state index is 11.6. The summed E-state index contributed by atoms with van der Waals surface area (Å²) in [6.45, 7) is 1.48. The zero-order valence-corrected chi connectivity index (χ0v) is 32.3. The molecular weight excluding hydrogens is 755 g/mol. The molecule has 0 spiro atoms. The van der Waals surface area contributed by atoms with Crippen molar-refractivity contribution in [3.63, 3.8) is 0 Å². The van der Waals surface area contributed by atoms with E-state index in [0.717, 1.165) is 11.1 Å². The number of benzene rings is 2. The first-order valence-electron chi connectivity index (χ1n) is 16.0. The van der Waals surface area contributed by atoms with Crippen molar-refractivity contribution in [1.82, 2.24) is 30.0 Å². The minimum atomic E-state index is -3.31. The van der Waals surface area contributed by atoms with Gasteiger partial charge < -0.3 is 29.6 Å². The fraction of sp³-hybridized carbons (Fsp3) is 0.353. The third-order valence-electron chi connectivity index (χ3n) is 7.76. The molecule has 0 amide bonds. The monoisotopic (exact) mass is 796 g/mol. The lowest BCUT2D eigenvalue weighted by atomic mass is 10.0. The molecule has 4 N–H and O–H groups in total. The third-order valence-corrected chi connectivity index (χ3v) is 11.4. The van der Waals surface area contributed by atoms with Crippen LogP contribution in [0.15, 0.2) is 60.7 Å². The van der Waals surface area contributed by atoms with Crippen LogP contribution in [0.5, 0.6) is 23.5 Å². The van der Waals surface area contributed by atoms with Gasteiger partial charge in [0.2, 0.25) is 43.6 Å². The second-order valence-corrected chi connectivity index (χ2v) is 16.0. The Morgan fingerprint density at radius 3 is 1.37 bits per heavy atom. The molecule has 2 aromatic carbocycles. The maximum Gasteiger partial charge on any atom is 0.220 e. The fourth-order valence-corrected chi connectivity index (χ4v) is 6.65. The molecule has 0 unspecified atom stereocenters. The fourth-order valence-electron chi connectivity index (χ4n) is 4.85. The minimum Gasteiger partial charge on any atom is -0.481 e. The number of ether oxygens (including phenoxy) is 4. The Bertz CT molecular complexity index is 1890. The third kappa shape index (κ3) is 11.6. The second kappa shape index (κ2) is 19.4. The zero-order valence-electron chi connectivity index (χ0n) is 29.2. The summed E-state index contributed by atoms with van der Waals surface area (Å²) in [5.41, 5.74) is 4.33. The van der Waals surface area contributed by atoms with Crippen LogP contribution in [-0.2, 0) is 46.3 Å². The van der Waals surface area contributed by atoms with Crippen molar-refractivity contribution in [2.24, 2.45) is 0 Å². The highest BCUT2D eigenvalue weighted by atomic mass is 35.5. The molecule has 282 valence electrons. The Hall–Kier alpha value is -3.74. The van der Waals surface area contributed by atoms with Gasteiger partial charge in [0.1, 0.15) is 13.2 Å². The summed E-state index contributed by atoms with van der Waals surface area (Å²) in [5.74, 6) is 1.25.